The van der Waals surface area contributed by atoms with Gasteiger partial charge in [0.05, 0.1) is 6.54 Å². The van der Waals surface area contributed by atoms with E-state index in [1.165, 1.54) is 5.01 Å². The standard InChI is InChI=1S/C10H18N2OS/c1-3-12(5-4-6-13)7-10-11-9(2)8-14-10/h8,13H,3-7H2,1-2H3. The minimum absolute atomic E-state index is 0.271. The van der Waals surface area contributed by atoms with Crippen LogP contribution in [0, 0.1) is 6.92 Å². The van der Waals surface area contributed by atoms with Crippen molar-refractivity contribution in [1.82, 2.24) is 9.88 Å². The molecule has 1 aromatic heterocycles. The largest absolute Gasteiger partial charge is 0.396 e. The molecule has 14 heavy (non-hydrogen) atoms. The van der Waals surface area contributed by atoms with Crippen molar-refractivity contribution in [1.29, 1.82) is 0 Å². The monoisotopic (exact) mass is 214 g/mol. The van der Waals surface area contributed by atoms with E-state index in [0.717, 1.165) is 31.7 Å². The maximum atomic E-state index is 8.74. The molecular formula is C10H18N2OS. The molecule has 4 heteroatoms. The smallest absolute Gasteiger partial charge is 0.107 e. The van der Waals surface area contributed by atoms with Crippen LogP contribution in [0.5, 0.6) is 0 Å². The van der Waals surface area contributed by atoms with Gasteiger partial charge in [-0.3, -0.25) is 4.90 Å². The molecule has 1 aromatic rings. The van der Waals surface area contributed by atoms with Crippen LogP contribution in [0.3, 0.4) is 0 Å². The van der Waals surface area contributed by atoms with Gasteiger partial charge in [0.15, 0.2) is 0 Å². The molecule has 0 saturated carbocycles. The predicted molar refractivity (Wildman–Crippen MR) is 59.5 cm³/mol. The first-order valence-corrected chi connectivity index (χ1v) is 5.88. The van der Waals surface area contributed by atoms with Crippen molar-refractivity contribution in [3.8, 4) is 0 Å². The van der Waals surface area contributed by atoms with Crippen LogP contribution in [-0.2, 0) is 6.54 Å². The Kier molecular flexibility index (Phi) is 5.07. The van der Waals surface area contributed by atoms with E-state index >= 15 is 0 Å². The van der Waals surface area contributed by atoms with Crippen molar-refractivity contribution >= 4 is 11.3 Å². The fourth-order valence-corrected chi connectivity index (χ4v) is 2.12. The maximum Gasteiger partial charge on any atom is 0.107 e. The third kappa shape index (κ3) is 3.74. The summed E-state index contributed by atoms with van der Waals surface area (Å²) in [5, 5.41) is 12.0. The number of hydrogen-bond acceptors (Lipinski definition) is 4. The van der Waals surface area contributed by atoms with E-state index < -0.39 is 0 Å². The number of aliphatic hydroxyl groups excluding tert-OH is 1. The van der Waals surface area contributed by atoms with Crippen LogP contribution < -0.4 is 0 Å². The van der Waals surface area contributed by atoms with Gasteiger partial charge in [-0.1, -0.05) is 6.92 Å². The molecule has 0 bridgehead atoms. The lowest BCUT2D eigenvalue weighted by Gasteiger charge is -2.17. The molecule has 0 aliphatic heterocycles. The van der Waals surface area contributed by atoms with E-state index in [4.69, 9.17) is 5.11 Å². The highest BCUT2D eigenvalue weighted by Gasteiger charge is 2.05. The Morgan fingerprint density at radius 3 is 2.86 bits per heavy atom. The zero-order valence-corrected chi connectivity index (χ0v) is 9.68. The molecule has 0 amide bonds. The molecule has 1 N–H and O–H groups in total. The molecule has 3 nitrogen and oxygen atoms in total. The Balaban J connectivity index is 2.40. The number of aryl methyl sites for hydroxylation is 1. The van der Waals surface area contributed by atoms with E-state index in [1.54, 1.807) is 11.3 Å². The van der Waals surface area contributed by atoms with E-state index in [-0.39, 0.29) is 6.61 Å². The molecule has 0 saturated heterocycles. The van der Waals surface area contributed by atoms with Gasteiger partial charge in [-0.05, 0) is 19.9 Å². The van der Waals surface area contributed by atoms with Gasteiger partial charge < -0.3 is 5.11 Å². The van der Waals surface area contributed by atoms with Crippen LogP contribution >= 0.6 is 11.3 Å². The number of aliphatic hydroxyl groups is 1. The van der Waals surface area contributed by atoms with Crippen LogP contribution in [0.4, 0.5) is 0 Å². The third-order valence-corrected chi connectivity index (χ3v) is 3.06. The van der Waals surface area contributed by atoms with Crippen LogP contribution in [0.25, 0.3) is 0 Å². The summed E-state index contributed by atoms with van der Waals surface area (Å²) in [6.07, 6.45) is 0.845. The van der Waals surface area contributed by atoms with Crippen LogP contribution in [0.1, 0.15) is 24.0 Å². The normalized spacial score (nSPS) is 11.1. The maximum absolute atomic E-state index is 8.74. The molecular weight excluding hydrogens is 196 g/mol. The first kappa shape index (κ1) is 11.6. The number of rotatable bonds is 6. The van der Waals surface area contributed by atoms with Gasteiger partial charge in [-0.25, -0.2) is 4.98 Å². The topological polar surface area (TPSA) is 36.4 Å². The second kappa shape index (κ2) is 6.11. The fraction of sp³-hybridized carbons (Fsp3) is 0.700. The Labute approximate surface area is 89.4 Å². The summed E-state index contributed by atoms with van der Waals surface area (Å²) in [5.74, 6) is 0. The first-order chi connectivity index (χ1) is 6.76. The molecule has 0 fully saturated rings. The number of thiazole rings is 1. The molecule has 0 aliphatic carbocycles. The summed E-state index contributed by atoms with van der Waals surface area (Å²) in [7, 11) is 0. The summed E-state index contributed by atoms with van der Waals surface area (Å²) in [5.41, 5.74) is 1.10. The lowest BCUT2D eigenvalue weighted by molar-refractivity contribution is 0.225. The zero-order chi connectivity index (χ0) is 10.4. The second-order valence-electron chi connectivity index (χ2n) is 3.33. The zero-order valence-electron chi connectivity index (χ0n) is 8.86. The molecule has 0 aromatic carbocycles. The summed E-state index contributed by atoms with van der Waals surface area (Å²) in [6.45, 7) is 7.30. The molecule has 0 atom stereocenters. The van der Waals surface area contributed by atoms with E-state index in [0.29, 0.717) is 0 Å². The highest BCUT2D eigenvalue weighted by atomic mass is 32.1. The van der Waals surface area contributed by atoms with Crippen molar-refractivity contribution < 1.29 is 5.11 Å². The highest BCUT2D eigenvalue weighted by Crippen LogP contribution is 2.11. The van der Waals surface area contributed by atoms with Gasteiger partial charge in [-0.15, -0.1) is 11.3 Å². The van der Waals surface area contributed by atoms with Gasteiger partial charge in [0.25, 0.3) is 0 Å². The fourth-order valence-electron chi connectivity index (χ4n) is 1.31. The minimum atomic E-state index is 0.271. The molecule has 0 radical (unpaired) electrons. The lowest BCUT2D eigenvalue weighted by atomic mass is 10.4. The van der Waals surface area contributed by atoms with Gasteiger partial charge in [0.1, 0.15) is 5.01 Å². The molecule has 0 unspecified atom stereocenters. The quantitative estimate of drug-likeness (QED) is 0.782. The SMILES string of the molecule is CCN(CCCO)Cc1nc(C)cs1. The Morgan fingerprint density at radius 1 is 1.57 bits per heavy atom. The molecule has 1 rings (SSSR count). The first-order valence-electron chi connectivity index (χ1n) is 5.00. The van der Waals surface area contributed by atoms with Gasteiger partial charge in [-0.2, -0.15) is 0 Å². The van der Waals surface area contributed by atoms with Crippen molar-refractivity contribution in [2.24, 2.45) is 0 Å². The molecule has 0 aliphatic rings. The Hall–Kier alpha value is -0.450. The summed E-state index contributed by atoms with van der Waals surface area (Å²) in [6, 6.07) is 0. The van der Waals surface area contributed by atoms with Crippen molar-refractivity contribution in [3.63, 3.8) is 0 Å². The van der Waals surface area contributed by atoms with Crippen molar-refractivity contribution in [3.05, 3.63) is 16.1 Å². The summed E-state index contributed by atoms with van der Waals surface area (Å²) >= 11 is 1.71. The van der Waals surface area contributed by atoms with E-state index in [2.05, 4.69) is 22.2 Å². The number of aromatic nitrogens is 1. The highest BCUT2D eigenvalue weighted by molar-refractivity contribution is 7.09. The number of nitrogens with zero attached hydrogens (tertiary/aromatic N) is 2. The predicted octanol–water partition coefficient (Wildman–Crippen LogP) is 1.66. The Bertz CT molecular complexity index is 262. The van der Waals surface area contributed by atoms with Crippen LogP contribution in [0.2, 0.25) is 0 Å². The summed E-state index contributed by atoms with van der Waals surface area (Å²) < 4.78 is 0. The van der Waals surface area contributed by atoms with Gasteiger partial charge in [0, 0.05) is 24.2 Å². The second-order valence-corrected chi connectivity index (χ2v) is 4.27. The van der Waals surface area contributed by atoms with Gasteiger partial charge >= 0.3 is 0 Å². The van der Waals surface area contributed by atoms with Gasteiger partial charge in [0.2, 0.25) is 0 Å². The lowest BCUT2D eigenvalue weighted by Crippen LogP contribution is -2.24. The van der Waals surface area contributed by atoms with Crippen molar-refractivity contribution in [2.45, 2.75) is 26.8 Å². The Morgan fingerprint density at radius 2 is 2.36 bits per heavy atom. The molecule has 1 heterocycles. The minimum Gasteiger partial charge on any atom is -0.396 e. The van der Waals surface area contributed by atoms with E-state index in [1.807, 2.05) is 6.92 Å². The molecule has 80 valence electrons. The molecule has 0 spiro atoms. The average Bonchev–Trinajstić information content (AvgIpc) is 2.58. The van der Waals surface area contributed by atoms with Crippen LogP contribution in [-0.4, -0.2) is 34.7 Å². The van der Waals surface area contributed by atoms with E-state index in [9.17, 15) is 0 Å². The third-order valence-electron chi connectivity index (χ3n) is 2.11. The van der Waals surface area contributed by atoms with Crippen molar-refractivity contribution in [2.75, 3.05) is 19.7 Å². The van der Waals surface area contributed by atoms with Crippen LogP contribution in [0.15, 0.2) is 5.38 Å². The average molecular weight is 214 g/mol. The summed E-state index contributed by atoms with van der Waals surface area (Å²) in [4.78, 5) is 6.72. The number of hydrogen-bond donors (Lipinski definition) is 1.